The Balaban J connectivity index is 2.85. The molecule has 8 heteroatoms. The molecule has 0 saturated heterocycles. The van der Waals surface area contributed by atoms with Crippen LogP contribution in [0.4, 0.5) is 14.5 Å². The van der Waals surface area contributed by atoms with E-state index in [9.17, 15) is 23.7 Å². The van der Waals surface area contributed by atoms with Crippen molar-refractivity contribution in [3.63, 3.8) is 0 Å². The third-order valence-corrected chi connectivity index (χ3v) is 2.72. The number of hydrogen-bond donors (Lipinski definition) is 1. The number of nitrogens with one attached hydrogen (secondary N) is 1. The highest BCUT2D eigenvalue weighted by Crippen LogP contribution is 2.21. The first kappa shape index (κ1) is 16.0. The van der Waals surface area contributed by atoms with Crippen LogP contribution in [-0.2, 0) is 11.3 Å². The standard InChI is InChI=1S/C12H15F2N3O3/c1-7(12(18)16(2)3)15-6-8-4-11(17(19)20)10(14)5-9(8)13/h4-5,7,15H,6H2,1-3H3. The van der Waals surface area contributed by atoms with Gasteiger partial charge in [0.1, 0.15) is 5.82 Å². The molecule has 1 aromatic rings. The molecule has 0 radical (unpaired) electrons. The van der Waals surface area contributed by atoms with Crippen molar-refractivity contribution in [1.29, 1.82) is 0 Å². The van der Waals surface area contributed by atoms with Gasteiger partial charge in [-0.15, -0.1) is 0 Å². The first-order chi connectivity index (χ1) is 9.23. The number of hydrogen-bond acceptors (Lipinski definition) is 4. The predicted molar refractivity (Wildman–Crippen MR) is 68.0 cm³/mol. The first-order valence-electron chi connectivity index (χ1n) is 5.81. The average molecular weight is 287 g/mol. The second-order valence-corrected chi connectivity index (χ2v) is 4.49. The Kier molecular flexibility index (Phi) is 5.09. The van der Waals surface area contributed by atoms with Crippen LogP contribution in [0.25, 0.3) is 0 Å². The lowest BCUT2D eigenvalue weighted by atomic mass is 10.1. The molecule has 1 rings (SSSR count). The maximum atomic E-state index is 13.5. The van der Waals surface area contributed by atoms with E-state index >= 15 is 0 Å². The number of nitrogens with zero attached hydrogens (tertiary/aromatic N) is 2. The van der Waals surface area contributed by atoms with Crippen LogP contribution in [0.1, 0.15) is 12.5 Å². The Morgan fingerprint density at radius 3 is 2.50 bits per heavy atom. The van der Waals surface area contributed by atoms with E-state index in [4.69, 9.17) is 0 Å². The molecule has 0 heterocycles. The van der Waals surface area contributed by atoms with Gasteiger partial charge in [-0.25, -0.2) is 4.39 Å². The Hall–Kier alpha value is -2.09. The van der Waals surface area contributed by atoms with E-state index in [0.717, 1.165) is 6.07 Å². The molecule has 1 aromatic carbocycles. The zero-order chi connectivity index (χ0) is 15.4. The summed E-state index contributed by atoms with van der Waals surface area (Å²) in [6.45, 7) is 1.46. The van der Waals surface area contributed by atoms with Gasteiger partial charge >= 0.3 is 5.69 Å². The minimum absolute atomic E-state index is 0.0727. The molecule has 0 spiro atoms. The molecule has 0 aliphatic heterocycles. The molecule has 1 atom stereocenters. The second-order valence-electron chi connectivity index (χ2n) is 4.49. The van der Waals surface area contributed by atoms with Crippen molar-refractivity contribution in [2.24, 2.45) is 0 Å². The average Bonchev–Trinajstić information content (AvgIpc) is 2.35. The molecule has 1 amide bonds. The highest BCUT2D eigenvalue weighted by molar-refractivity contribution is 5.80. The summed E-state index contributed by atoms with van der Waals surface area (Å²) in [7, 11) is 3.15. The smallest absolute Gasteiger partial charge is 0.305 e. The van der Waals surface area contributed by atoms with E-state index in [-0.39, 0.29) is 18.0 Å². The van der Waals surface area contributed by atoms with Gasteiger partial charge < -0.3 is 10.2 Å². The van der Waals surface area contributed by atoms with Crippen molar-refractivity contribution in [3.8, 4) is 0 Å². The van der Waals surface area contributed by atoms with Crippen LogP contribution in [0.3, 0.4) is 0 Å². The quantitative estimate of drug-likeness (QED) is 0.657. The summed E-state index contributed by atoms with van der Waals surface area (Å²) in [5, 5.41) is 13.3. The van der Waals surface area contributed by atoms with E-state index in [1.165, 1.54) is 4.90 Å². The number of benzene rings is 1. The minimum atomic E-state index is -1.23. The van der Waals surface area contributed by atoms with Gasteiger partial charge in [0.2, 0.25) is 11.7 Å². The highest BCUT2D eigenvalue weighted by atomic mass is 19.1. The van der Waals surface area contributed by atoms with Crippen LogP contribution < -0.4 is 5.32 Å². The monoisotopic (exact) mass is 287 g/mol. The number of nitro benzene ring substituents is 1. The van der Waals surface area contributed by atoms with Crippen LogP contribution in [-0.4, -0.2) is 35.9 Å². The summed E-state index contributed by atoms with van der Waals surface area (Å²) < 4.78 is 26.7. The molecule has 0 bridgehead atoms. The molecule has 110 valence electrons. The number of carbonyl (C=O) groups excluding carboxylic acids is 1. The molecule has 0 fully saturated rings. The van der Waals surface area contributed by atoms with Crippen LogP contribution in [0.2, 0.25) is 0 Å². The van der Waals surface area contributed by atoms with Crippen LogP contribution in [0.15, 0.2) is 12.1 Å². The van der Waals surface area contributed by atoms with E-state index < -0.39 is 28.3 Å². The van der Waals surface area contributed by atoms with E-state index in [1.807, 2.05) is 0 Å². The summed E-state index contributed by atoms with van der Waals surface area (Å²) in [5.74, 6) is -2.35. The summed E-state index contributed by atoms with van der Waals surface area (Å²) in [5.41, 5.74) is -0.869. The van der Waals surface area contributed by atoms with Gasteiger partial charge in [-0.05, 0) is 6.92 Å². The van der Waals surface area contributed by atoms with Gasteiger partial charge in [0.15, 0.2) is 0 Å². The van der Waals surface area contributed by atoms with Crippen LogP contribution in [0, 0.1) is 21.7 Å². The minimum Gasteiger partial charge on any atom is -0.347 e. The number of amides is 1. The van der Waals surface area contributed by atoms with Gasteiger partial charge in [0.05, 0.1) is 11.0 Å². The number of halogens is 2. The van der Waals surface area contributed by atoms with Crippen LogP contribution in [0.5, 0.6) is 0 Å². The van der Waals surface area contributed by atoms with Gasteiger partial charge in [-0.1, -0.05) is 0 Å². The van der Waals surface area contributed by atoms with E-state index in [1.54, 1.807) is 21.0 Å². The third kappa shape index (κ3) is 3.70. The normalized spacial score (nSPS) is 12.1. The lowest BCUT2D eigenvalue weighted by Crippen LogP contribution is -2.41. The maximum Gasteiger partial charge on any atom is 0.305 e. The Labute approximate surface area is 114 Å². The third-order valence-electron chi connectivity index (χ3n) is 2.72. The number of carbonyl (C=O) groups is 1. The Morgan fingerprint density at radius 1 is 1.40 bits per heavy atom. The SMILES string of the molecule is CC(NCc1cc([N+](=O)[O-])c(F)cc1F)C(=O)N(C)C. The topological polar surface area (TPSA) is 75.5 Å². The zero-order valence-corrected chi connectivity index (χ0v) is 11.3. The largest absolute Gasteiger partial charge is 0.347 e. The fraction of sp³-hybridized carbons (Fsp3) is 0.417. The fourth-order valence-corrected chi connectivity index (χ4v) is 1.59. The maximum absolute atomic E-state index is 13.5. The van der Waals surface area contributed by atoms with Gasteiger partial charge in [-0.3, -0.25) is 14.9 Å². The molecular formula is C12H15F2N3O3. The zero-order valence-electron chi connectivity index (χ0n) is 11.3. The number of rotatable bonds is 5. The molecule has 6 nitrogen and oxygen atoms in total. The van der Waals surface area contributed by atoms with Gasteiger partial charge in [0.25, 0.3) is 0 Å². The fourth-order valence-electron chi connectivity index (χ4n) is 1.59. The highest BCUT2D eigenvalue weighted by Gasteiger charge is 2.20. The van der Waals surface area contributed by atoms with Crippen molar-refractivity contribution in [3.05, 3.63) is 39.4 Å². The van der Waals surface area contributed by atoms with Crippen molar-refractivity contribution in [1.82, 2.24) is 10.2 Å². The lowest BCUT2D eigenvalue weighted by Gasteiger charge is -2.18. The molecule has 0 aromatic heterocycles. The molecular weight excluding hydrogens is 272 g/mol. The van der Waals surface area contributed by atoms with Gasteiger partial charge in [-0.2, -0.15) is 4.39 Å². The summed E-state index contributed by atoms with van der Waals surface area (Å²) in [6, 6.07) is 0.700. The summed E-state index contributed by atoms with van der Waals surface area (Å²) >= 11 is 0. The van der Waals surface area contributed by atoms with E-state index in [0.29, 0.717) is 6.07 Å². The molecule has 0 saturated carbocycles. The van der Waals surface area contributed by atoms with Crippen molar-refractivity contribution >= 4 is 11.6 Å². The molecule has 1 N–H and O–H groups in total. The molecule has 0 aliphatic carbocycles. The first-order valence-corrected chi connectivity index (χ1v) is 5.81. The van der Waals surface area contributed by atoms with Crippen LogP contribution >= 0.6 is 0 Å². The molecule has 0 aliphatic rings. The number of likely N-dealkylation sites (N-methyl/N-ethyl adjacent to an activating group) is 1. The predicted octanol–water partition coefficient (Wildman–Crippen LogP) is 1.44. The Bertz CT molecular complexity index is 535. The van der Waals surface area contributed by atoms with Gasteiger partial charge in [0, 0.05) is 38.3 Å². The van der Waals surface area contributed by atoms with Crippen molar-refractivity contribution < 1.29 is 18.5 Å². The summed E-state index contributed by atoms with van der Waals surface area (Å²) in [6.07, 6.45) is 0. The second kappa shape index (κ2) is 6.38. The Morgan fingerprint density at radius 2 is 2.00 bits per heavy atom. The van der Waals surface area contributed by atoms with E-state index in [2.05, 4.69) is 5.32 Å². The van der Waals surface area contributed by atoms with Crippen molar-refractivity contribution in [2.45, 2.75) is 19.5 Å². The summed E-state index contributed by atoms with van der Waals surface area (Å²) in [4.78, 5) is 22.6. The molecule has 1 unspecified atom stereocenters. The lowest BCUT2D eigenvalue weighted by molar-refractivity contribution is -0.387. The number of nitro groups is 1. The molecule has 20 heavy (non-hydrogen) atoms. The van der Waals surface area contributed by atoms with Crippen molar-refractivity contribution in [2.75, 3.05) is 14.1 Å².